The molecule has 23 heavy (non-hydrogen) atoms. The maximum absolute atomic E-state index is 5.33. The number of methoxy groups -OCH3 is 1. The van der Waals surface area contributed by atoms with E-state index in [1.807, 2.05) is 42.5 Å². The van der Waals surface area contributed by atoms with E-state index in [1.165, 1.54) is 0 Å². The van der Waals surface area contributed by atoms with E-state index < -0.39 is 0 Å². The molecular weight excluding hydrogens is 306 g/mol. The van der Waals surface area contributed by atoms with E-state index in [2.05, 4.69) is 40.7 Å². The maximum atomic E-state index is 5.33. The quantitative estimate of drug-likeness (QED) is 0.650. The van der Waals surface area contributed by atoms with Crippen molar-refractivity contribution in [2.24, 2.45) is 0 Å². The standard InChI is InChI=1S/C18H19N3OS/c1-13(2)23-18-20-19-17(14-8-7-11-16(12-14)22-3)21(18)15-9-5-4-6-10-15/h4-13H,1-3H3. The van der Waals surface area contributed by atoms with E-state index in [-0.39, 0.29) is 0 Å². The lowest BCUT2D eigenvalue weighted by Crippen LogP contribution is -2.01. The third-order valence-corrected chi connectivity index (χ3v) is 4.26. The van der Waals surface area contributed by atoms with Gasteiger partial charge in [0.05, 0.1) is 7.11 Å². The van der Waals surface area contributed by atoms with Gasteiger partial charge in [0, 0.05) is 16.5 Å². The van der Waals surface area contributed by atoms with Gasteiger partial charge in [-0.3, -0.25) is 4.57 Å². The van der Waals surface area contributed by atoms with Crippen molar-refractivity contribution in [2.75, 3.05) is 7.11 Å². The molecule has 0 bridgehead atoms. The van der Waals surface area contributed by atoms with Crippen molar-refractivity contribution in [3.63, 3.8) is 0 Å². The molecule has 0 spiro atoms. The van der Waals surface area contributed by atoms with Crippen LogP contribution in [0.15, 0.2) is 59.8 Å². The molecule has 0 fully saturated rings. The van der Waals surface area contributed by atoms with Gasteiger partial charge in [-0.1, -0.05) is 55.9 Å². The first-order valence-corrected chi connectivity index (χ1v) is 8.39. The van der Waals surface area contributed by atoms with Gasteiger partial charge in [0.15, 0.2) is 11.0 Å². The van der Waals surface area contributed by atoms with Crippen molar-refractivity contribution in [2.45, 2.75) is 24.3 Å². The molecular formula is C18H19N3OS. The Morgan fingerprint density at radius 2 is 1.78 bits per heavy atom. The Bertz CT molecular complexity index is 784. The highest BCUT2D eigenvalue weighted by molar-refractivity contribution is 7.99. The molecule has 3 aromatic rings. The zero-order valence-electron chi connectivity index (χ0n) is 13.4. The zero-order chi connectivity index (χ0) is 16.2. The zero-order valence-corrected chi connectivity index (χ0v) is 14.2. The molecule has 0 radical (unpaired) electrons. The minimum absolute atomic E-state index is 0.430. The SMILES string of the molecule is COc1cccc(-c2nnc(SC(C)C)n2-c2ccccc2)c1. The number of hydrogen-bond acceptors (Lipinski definition) is 4. The van der Waals surface area contributed by atoms with Gasteiger partial charge in [0.1, 0.15) is 5.75 Å². The summed E-state index contributed by atoms with van der Waals surface area (Å²) in [5.41, 5.74) is 2.04. The van der Waals surface area contributed by atoms with Gasteiger partial charge in [-0.15, -0.1) is 10.2 Å². The van der Waals surface area contributed by atoms with Crippen LogP contribution in [0.3, 0.4) is 0 Å². The molecule has 0 aliphatic heterocycles. The van der Waals surface area contributed by atoms with Crippen molar-refractivity contribution in [3.05, 3.63) is 54.6 Å². The molecule has 0 amide bonds. The van der Waals surface area contributed by atoms with Crippen LogP contribution in [0.5, 0.6) is 5.75 Å². The first kappa shape index (κ1) is 15.6. The fourth-order valence-electron chi connectivity index (χ4n) is 2.32. The smallest absolute Gasteiger partial charge is 0.196 e. The van der Waals surface area contributed by atoms with Crippen molar-refractivity contribution in [3.8, 4) is 22.8 Å². The molecule has 0 aliphatic rings. The molecule has 0 atom stereocenters. The van der Waals surface area contributed by atoms with Crippen LogP contribution in [-0.4, -0.2) is 27.1 Å². The average Bonchev–Trinajstić information content (AvgIpc) is 2.98. The summed E-state index contributed by atoms with van der Waals surface area (Å²) in [7, 11) is 1.67. The van der Waals surface area contributed by atoms with Gasteiger partial charge in [-0.2, -0.15) is 0 Å². The van der Waals surface area contributed by atoms with Crippen LogP contribution in [0.25, 0.3) is 17.1 Å². The summed E-state index contributed by atoms with van der Waals surface area (Å²) in [4.78, 5) is 0. The highest BCUT2D eigenvalue weighted by Crippen LogP contribution is 2.31. The number of hydrogen-bond donors (Lipinski definition) is 0. The van der Waals surface area contributed by atoms with Gasteiger partial charge in [-0.05, 0) is 24.3 Å². The second-order valence-corrected chi connectivity index (χ2v) is 6.92. The monoisotopic (exact) mass is 325 g/mol. The number of aromatic nitrogens is 3. The number of rotatable bonds is 5. The van der Waals surface area contributed by atoms with E-state index in [0.717, 1.165) is 28.0 Å². The minimum Gasteiger partial charge on any atom is -0.497 e. The van der Waals surface area contributed by atoms with Gasteiger partial charge < -0.3 is 4.74 Å². The largest absolute Gasteiger partial charge is 0.497 e. The topological polar surface area (TPSA) is 39.9 Å². The summed E-state index contributed by atoms with van der Waals surface area (Å²) in [6.07, 6.45) is 0. The Morgan fingerprint density at radius 1 is 1.00 bits per heavy atom. The summed E-state index contributed by atoms with van der Waals surface area (Å²) in [5.74, 6) is 1.63. The van der Waals surface area contributed by atoms with Crippen LogP contribution in [0.2, 0.25) is 0 Å². The van der Waals surface area contributed by atoms with E-state index in [4.69, 9.17) is 4.74 Å². The lowest BCUT2D eigenvalue weighted by Gasteiger charge is -2.11. The molecule has 0 aliphatic carbocycles. The number of benzene rings is 2. The summed E-state index contributed by atoms with van der Waals surface area (Å²) in [6.45, 7) is 4.31. The molecule has 0 saturated carbocycles. The van der Waals surface area contributed by atoms with Crippen LogP contribution < -0.4 is 4.74 Å². The van der Waals surface area contributed by atoms with Gasteiger partial charge in [0.2, 0.25) is 0 Å². The van der Waals surface area contributed by atoms with E-state index in [1.54, 1.807) is 18.9 Å². The Labute approximate surface area is 140 Å². The van der Waals surface area contributed by atoms with Crippen LogP contribution >= 0.6 is 11.8 Å². The van der Waals surface area contributed by atoms with Crippen molar-refractivity contribution in [1.29, 1.82) is 0 Å². The normalized spacial score (nSPS) is 11.0. The summed E-state index contributed by atoms with van der Waals surface area (Å²) in [6, 6.07) is 18.1. The Morgan fingerprint density at radius 3 is 2.48 bits per heavy atom. The molecule has 0 N–H and O–H groups in total. The Kier molecular flexibility index (Phi) is 4.67. The maximum Gasteiger partial charge on any atom is 0.196 e. The lowest BCUT2D eigenvalue weighted by molar-refractivity contribution is 0.415. The fourth-order valence-corrected chi connectivity index (χ4v) is 3.12. The molecule has 2 aromatic carbocycles. The fraction of sp³-hybridized carbons (Fsp3) is 0.222. The summed E-state index contributed by atoms with van der Waals surface area (Å²) >= 11 is 1.70. The lowest BCUT2D eigenvalue weighted by atomic mass is 10.2. The van der Waals surface area contributed by atoms with Crippen LogP contribution in [0, 0.1) is 0 Å². The highest BCUT2D eigenvalue weighted by atomic mass is 32.2. The van der Waals surface area contributed by atoms with Crippen molar-refractivity contribution < 1.29 is 4.74 Å². The van der Waals surface area contributed by atoms with E-state index in [9.17, 15) is 0 Å². The molecule has 1 aromatic heterocycles. The second-order valence-electron chi connectivity index (χ2n) is 5.38. The van der Waals surface area contributed by atoms with Crippen LogP contribution in [0.1, 0.15) is 13.8 Å². The molecule has 0 unspecified atom stereocenters. The molecule has 1 heterocycles. The second kappa shape index (κ2) is 6.87. The first-order valence-electron chi connectivity index (χ1n) is 7.51. The number of para-hydroxylation sites is 1. The first-order chi connectivity index (χ1) is 11.2. The van der Waals surface area contributed by atoms with Crippen LogP contribution in [-0.2, 0) is 0 Å². The number of ether oxygens (including phenoxy) is 1. The van der Waals surface area contributed by atoms with Crippen molar-refractivity contribution >= 4 is 11.8 Å². The Hall–Kier alpha value is -2.27. The van der Waals surface area contributed by atoms with E-state index in [0.29, 0.717) is 5.25 Å². The Balaban J connectivity index is 2.15. The third kappa shape index (κ3) is 3.40. The summed E-state index contributed by atoms with van der Waals surface area (Å²) in [5, 5.41) is 10.2. The molecule has 3 rings (SSSR count). The van der Waals surface area contributed by atoms with Crippen molar-refractivity contribution in [1.82, 2.24) is 14.8 Å². The molecule has 118 valence electrons. The van der Waals surface area contributed by atoms with Gasteiger partial charge in [0.25, 0.3) is 0 Å². The molecule has 5 heteroatoms. The number of thioether (sulfide) groups is 1. The third-order valence-electron chi connectivity index (χ3n) is 3.32. The predicted molar refractivity (Wildman–Crippen MR) is 94.3 cm³/mol. The minimum atomic E-state index is 0.430. The molecule has 4 nitrogen and oxygen atoms in total. The average molecular weight is 325 g/mol. The molecule has 0 saturated heterocycles. The summed E-state index contributed by atoms with van der Waals surface area (Å²) < 4.78 is 7.43. The highest BCUT2D eigenvalue weighted by Gasteiger charge is 2.17. The number of nitrogens with zero attached hydrogens (tertiary/aromatic N) is 3. The van der Waals surface area contributed by atoms with Gasteiger partial charge in [-0.25, -0.2) is 0 Å². The van der Waals surface area contributed by atoms with Gasteiger partial charge >= 0.3 is 0 Å². The predicted octanol–water partition coefficient (Wildman–Crippen LogP) is 4.44. The van der Waals surface area contributed by atoms with Crippen LogP contribution in [0.4, 0.5) is 0 Å². The van der Waals surface area contributed by atoms with E-state index >= 15 is 0 Å².